The van der Waals surface area contributed by atoms with Crippen LogP contribution in [0.4, 0.5) is 14.6 Å². The molecule has 13 heteroatoms. The van der Waals surface area contributed by atoms with Gasteiger partial charge in [0, 0.05) is 36.7 Å². The SMILES string of the molecule is Nc1ncc(-c2cnn(C3CCOCC3)c2)cc1-c1nnnn1-c1ccc(OCC2CCNCC2)c(F)c1F. The number of pyridine rings is 1. The first-order valence-corrected chi connectivity index (χ1v) is 13.1. The van der Waals surface area contributed by atoms with Gasteiger partial charge in [0.2, 0.25) is 5.82 Å². The second kappa shape index (κ2) is 11.0. The van der Waals surface area contributed by atoms with Crippen LogP contribution in [0, 0.1) is 17.6 Å². The summed E-state index contributed by atoms with van der Waals surface area (Å²) in [7, 11) is 0. The molecule has 2 aliphatic heterocycles. The number of aromatic nitrogens is 7. The molecular formula is C26H29F2N9O2. The summed E-state index contributed by atoms with van der Waals surface area (Å²) >= 11 is 0. The first kappa shape index (κ1) is 25.3. The molecule has 0 radical (unpaired) electrons. The van der Waals surface area contributed by atoms with Crippen molar-refractivity contribution >= 4 is 5.82 Å². The molecule has 2 saturated heterocycles. The van der Waals surface area contributed by atoms with E-state index in [0.717, 1.165) is 54.6 Å². The van der Waals surface area contributed by atoms with Crippen LogP contribution < -0.4 is 15.8 Å². The molecule has 11 nitrogen and oxygen atoms in total. The summed E-state index contributed by atoms with van der Waals surface area (Å²) in [6.07, 6.45) is 8.99. The van der Waals surface area contributed by atoms with Crippen LogP contribution in [0.5, 0.6) is 5.75 Å². The Morgan fingerprint density at radius 2 is 1.87 bits per heavy atom. The standard InChI is InChI=1S/C26H29F2N9O2/c27-23-21(1-2-22(24(23)28)39-15-16-3-7-30-8-4-16)37-26(33-34-35-37)20-11-17(12-31-25(20)29)18-13-32-36(14-18)19-5-9-38-10-6-19/h1-2,11-14,16,19,30H,3-10,15H2,(H2,29,31). The van der Waals surface area contributed by atoms with Gasteiger partial charge in [-0.1, -0.05) is 0 Å². The lowest BCUT2D eigenvalue weighted by molar-refractivity contribution is 0.0662. The van der Waals surface area contributed by atoms with Crippen LogP contribution >= 0.6 is 0 Å². The van der Waals surface area contributed by atoms with E-state index in [4.69, 9.17) is 15.2 Å². The predicted octanol–water partition coefficient (Wildman–Crippen LogP) is 3.18. The summed E-state index contributed by atoms with van der Waals surface area (Å²) in [5.74, 6) is -1.79. The minimum absolute atomic E-state index is 0.125. The molecule has 2 fully saturated rings. The maximum atomic E-state index is 15.3. The zero-order valence-corrected chi connectivity index (χ0v) is 21.3. The molecule has 3 N–H and O–H groups in total. The van der Waals surface area contributed by atoms with Crippen LogP contribution in [0.2, 0.25) is 0 Å². The zero-order valence-electron chi connectivity index (χ0n) is 21.3. The first-order valence-electron chi connectivity index (χ1n) is 13.1. The highest BCUT2D eigenvalue weighted by molar-refractivity contribution is 5.76. The van der Waals surface area contributed by atoms with Crippen LogP contribution in [0.15, 0.2) is 36.8 Å². The number of hydrogen-bond acceptors (Lipinski definition) is 9. The van der Waals surface area contributed by atoms with E-state index in [1.807, 2.05) is 10.9 Å². The molecule has 1 aromatic carbocycles. The number of anilines is 1. The van der Waals surface area contributed by atoms with E-state index >= 15 is 8.78 Å². The number of nitrogens with one attached hydrogen (secondary N) is 1. The van der Waals surface area contributed by atoms with Gasteiger partial charge < -0.3 is 20.5 Å². The molecule has 3 aromatic heterocycles. The fourth-order valence-electron chi connectivity index (χ4n) is 5.02. The van der Waals surface area contributed by atoms with Crippen molar-refractivity contribution in [1.29, 1.82) is 0 Å². The molecular weight excluding hydrogens is 508 g/mol. The van der Waals surface area contributed by atoms with Gasteiger partial charge in [0.05, 0.1) is 24.4 Å². The Kier molecular flexibility index (Phi) is 7.16. The van der Waals surface area contributed by atoms with Gasteiger partial charge in [-0.25, -0.2) is 9.37 Å². The van der Waals surface area contributed by atoms with Crippen LogP contribution in [0.25, 0.3) is 28.2 Å². The molecule has 2 aliphatic rings. The van der Waals surface area contributed by atoms with Crippen molar-refractivity contribution in [2.75, 3.05) is 38.6 Å². The quantitative estimate of drug-likeness (QED) is 0.365. The van der Waals surface area contributed by atoms with Crippen LogP contribution in [0.1, 0.15) is 31.7 Å². The minimum atomic E-state index is -1.12. The van der Waals surface area contributed by atoms with Crippen molar-refractivity contribution in [3.63, 3.8) is 0 Å². The highest BCUT2D eigenvalue weighted by Crippen LogP contribution is 2.32. The Balaban J connectivity index is 1.27. The van der Waals surface area contributed by atoms with Gasteiger partial charge in [0.25, 0.3) is 0 Å². The molecule has 0 unspecified atom stereocenters. The van der Waals surface area contributed by atoms with E-state index in [1.54, 1.807) is 18.5 Å². The van der Waals surface area contributed by atoms with Crippen molar-refractivity contribution in [3.05, 3.63) is 48.4 Å². The molecule has 0 atom stereocenters. The number of piperidine rings is 1. The number of ether oxygens (including phenoxy) is 2. The molecule has 0 amide bonds. The topological polar surface area (TPSA) is 131 Å². The highest BCUT2D eigenvalue weighted by atomic mass is 19.2. The van der Waals surface area contributed by atoms with Crippen molar-refractivity contribution < 1.29 is 18.3 Å². The number of hydrogen-bond donors (Lipinski definition) is 2. The Bertz CT molecular complexity index is 1450. The first-order chi connectivity index (χ1) is 19.1. The third-order valence-electron chi connectivity index (χ3n) is 7.32. The molecule has 4 aromatic rings. The van der Waals surface area contributed by atoms with Gasteiger partial charge in [-0.2, -0.15) is 14.2 Å². The van der Waals surface area contributed by atoms with Crippen molar-refractivity contribution in [2.24, 2.45) is 5.92 Å². The van der Waals surface area contributed by atoms with Gasteiger partial charge in [0.1, 0.15) is 11.5 Å². The molecule has 0 bridgehead atoms. The number of rotatable bonds is 7. The lowest BCUT2D eigenvalue weighted by Crippen LogP contribution is -2.30. The van der Waals surface area contributed by atoms with Gasteiger partial charge in [0.15, 0.2) is 17.4 Å². The van der Waals surface area contributed by atoms with Crippen molar-refractivity contribution in [2.45, 2.75) is 31.7 Å². The summed E-state index contributed by atoms with van der Waals surface area (Å²) in [6, 6.07) is 4.82. The average molecular weight is 538 g/mol. The number of nitrogens with two attached hydrogens (primary N) is 1. The lowest BCUT2D eigenvalue weighted by Gasteiger charge is -2.22. The van der Waals surface area contributed by atoms with E-state index in [-0.39, 0.29) is 29.1 Å². The number of halogens is 2. The van der Waals surface area contributed by atoms with Crippen molar-refractivity contribution in [1.82, 2.24) is 40.3 Å². The van der Waals surface area contributed by atoms with E-state index < -0.39 is 11.6 Å². The van der Waals surface area contributed by atoms with E-state index in [2.05, 4.69) is 30.9 Å². The summed E-state index contributed by atoms with van der Waals surface area (Å²) in [5, 5.41) is 19.5. The van der Waals surface area contributed by atoms with Crippen LogP contribution in [0.3, 0.4) is 0 Å². The van der Waals surface area contributed by atoms with Gasteiger partial charge in [-0.3, -0.25) is 4.68 Å². The monoisotopic (exact) mass is 537 g/mol. The fourth-order valence-corrected chi connectivity index (χ4v) is 5.02. The Hall–Kier alpha value is -3.97. The summed E-state index contributed by atoms with van der Waals surface area (Å²) in [4.78, 5) is 4.31. The zero-order chi connectivity index (χ0) is 26.8. The predicted molar refractivity (Wildman–Crippen MR) is 138 cm³/mol. The number of benzene rings is 1. The lowest BCUT2D eigenvalue weighted by atomic mass is 9.99. The summed E-state index contributed by atoms with van der Waals surface area (Å²) in [6.45, 7) is 3.53. The molecule has 204 valence electrons. The third-order valence-corrected chi connectivity index (χ3v) is 7.32. The summed E-state index contributed by atoms with van der Waals surface area (Å²) in [5.41, 5.74) is 7.96. The molecule has 0 spiro atoms. The Morgan fingerprint density at radius 1 is 1.05 bits per heavy atom. The van der Waals surface area contributed by atoms with E-state index in [9.17, 15) is 0 Å². The number of nitrogen functional groups attached to an aromatic ring is 1. The molecule has 0 saturated carbocycles. The van der Waals surface area contributed by atoms with Crippen LogP contribution in [-0.4, -0.2) is 67.9 Å². The van der Waals surface area contributed by atoms with E-state index in [1.165, 1.54) is 12.1 Å². The summed E-state index contributed by atoms with van der Waals surface area (Å²) < 4.78 is 44.4. The molecule has 6 rings (SSSR count). The van der Waals surface area contributed by atoms with Crippen molar-refractivity contribution in [3.8, 4) is 34.0 Å². The minimum Gasteiger partial charge on any atom is -0.490 e. The largest absolute Gasteiger partial charge is 0.490 e. The molecule has 39 heavy (non-hydrogen) atoms. The molecule has 5 heterocycles. The molecule has 0 aliphatic carbocycles. The Morgan fingerprint density at radius 3 is 2.69 bits per heavy atom. The van der Waals surface area contributed by atoms with Gasteiger partial charge in [-0.15, -0.1) is 5.10 Å². The van der Waals surface area contributed by atoms with Gasteiger partial charge in [-0.05, 0) is 73.3 Å². The Labute approximate surface area is 223 Å². The third kappa shape index (κ3) is 5.19. The maximum Gasteiger partial charge on any atom is 0.202 e. The fraction of sp³-hybridized carbons (Fsp3) is 0.423. The number of tetrazole rings is 1. The number of nitrogens with zero attached hydrogens (tertiary/aromatic N) is 7. The second-order valence-corrected chi connectivity index (χ2v) is 9.84. The second-order valence-electron chi connectivity index (χ2n) is 9.84. The highest BCUT2D eigenvalue weighted by Gasteiger charge is 2.23. The van der Waals surface area contributed by atoms with Crippen LogP contribution in [-0.2, 0) is 4.74 Å². The maximum absolute atomic E-state index is 15.3. The van der Waals surface area contributed by atoms with Gasteiger partial charge >= 0.3 is 0 Å². The normalized spacial score (nSPS) is 17.0. The average Bonchev–Trinajstić information content (AvgIpc) is 3.66. The smallest absolute Gasteiger partial charge is 0.202 e. The van der Waals surface area contributed by atoms with E-state index in [0.29, 0.717) is 31.3 Å².